The quantitative estimate of drug-likeness (QED) is 0.728. The van der Waals surface area contributed by atoms with Crippen molar-refractivity contribution in [2.24, 2.45) is 0 Å². The Kier molecular flexibility index (Phi) is 4.53. The third-order valence-electron chi connectivity index (χ3n) is 4.43. The number of hydrogen-bond donors (Lipinski definition) is 0. The molecule has 2 heterocycles. The summed E-state index contributed by atoms with van der Waals surface area (Å²) in [7, 11) is 0. The molecule has 0 bridgehead atoms. The summed E-state index contributed by atoms with van der Waals surface area (Å²) in [5.41, 5.74) is 4.64. The zero-order valence-electron chi connectivity index (χ0n) is 15.3. The van der Waals surface area contributed by atoms with Crippen LogP contribution in [0.5, 0.6) is 0 Å². The topological polar surface area (TPSA) is 72.1 Å². The Morgan fingerprint density at radius 2 is 1.92 bits per heavy atom. The largest absolute Gasteiger partial charge is 0.340 e. The highest BCUT2D eigenvalue weighted by molar-refractivity contribution is 6.07. The molecule has 1 amide bonds. The standard InChI is InChI=1S/C19H22N4O2/c1-6-23(10-17-21-14(5)25-22-17)19(24)16-9-12(3)20-18-13(4)11(2)7-8-15(16)18/h7-9H,6,10H2,1-5H3. The van der Waals surface area contributed by atoms with E-state index in [1.807, 2.05) is 39.0 Å². The molecule has 130 valence electrons. The van der Waals surface area contributed by atoms with Crippen molar-refractivity contribution in [3.63, 3.8) is 0 Å². The summed E-state index contributed by atoms with van der Waals surface area (Å²) >= 11 is 0. The number of benzene rings is 1. The molecule has 0 saturated heterocycles. The van der Waals surface area contributed by atoms with E-state index in [0.717, 1.165) is 22.2 Å². The third-order valence-corrected chi connectivity index (χ3v) is 4.43. The van der Waals surface area contributed by atoms with Gasteiger partial charge in [0.2, 0.25) is 5.89 Å². The first kappa shape index (κ1) is 17.1. The zero-order chi connectivity index (χ0) is 18.1. The highest BCUT2D eigenvalue weighted by atomic mass is 16.5. The smallest absolute Gasteiger partial charge is 0.255 e. The van der Waals surface area contributed by atoms with Gasteiger partial charge in [-0.1, -0.05) is 17.3 Å². The zero-order valence-corrected chi connectivity index (χ0v) is 15.3. The first-order valence-electron chi connectivity index (χ1n) is 8.36. The third kappa shape index (κ3) is 3.24. The highest BCUT2D eigenvalue weighted by Crippen LogP contribution is 2.25. The fourth-order valence-electron chi connectivity index (χ4n) is 2.91. The van der Waals surface area contributed by atoms with Gasteiger partial charge in [0, 0.05) is 24.5 Å². The van der Waals surface area contributed by atoms with E-state index < -0.39 is 0 Å². The Bertz CT molecular complexity index is 946. The first-order chi connectivity index (χ1) is 11.9. The molecule has 6 nitrogen and oxygen atoms in total. The summed E-state index contributed by atoms with van der Waals surface area (Å²) < 4.78 is 5.00. The molecule has 0 unspecified atom stereocenters. The number of pyridine rings is 1. The minimum atomic E-state index is -0.0521. The summed E-state index contributed by atoms with van der Waals surface area (Å²) in [4.78, 5) is 23.7. The maximum absolute atomic E-state index is 13.2. The van der Waals surface area contributed by atoms with E-state index in [9.17, 15) is 4.79 Å². The summed E-state index contributed by atoms with van der Waals surface area (Å²) in [5, 5.41) is 4.77. The van der Waals surface area contributed by atoms with Gasteiger partial charge in [0.1, 0.15) is 0 Å². The van der Waals surface area contributed by atoms with Crippen LogP contribution in [-0.4, -0.2) is 32.5 Å². The molecule has 2 aromatic heterocycles. The second kappa shape index (κ2) is 6.63. The highest BCUT2D eigenvalue weighted by Gasteiger charge is 2.20. The molecule has 0 radical (unpaired) electrons. The molecule has 0 aliphatic carbocycles. The van der Waals surface area contributed by atoms with Crippen molar-refractivity contribution in [3.05, 3.63) is 52.3 Å². The van der Waals surface area contributed by atoms with Gasteiger partial charge >= 0.3 is 0 Å². The molecule has 0 fully saturated rings. The van der Waals surface area contributed by atoms with E-state index in [1.165, 1.54) is 5.56 Å². The Balaban J connectivity index is 2.04. The summed E-state index contributed by atoms with van der Waals surface area (Å²) in [6, 6.07) is 5.86. The predicted octanol–water partition coefficient (Wildman–Crippen LogP) is 3.51. The molecule has 0 spiro atoms. The van der Waals surface area contributed by atoms with E-state index in [1.54, 1.807) is 11.8 Å². The van der Waals surface area contributed by atoms with Crippen LogP contribution in [0.3, 0.4) is 0 Å². The normalized spacial score (nSPS) is 11.1. The van der Waals surface area contributed by atoms with Crippen LogP contribution < -0.4 is 0 Å². The van der Waals surface area contributed by atoms with Crippen molar-refractivity contribution < 1.29 is 9.32 Å². The monoisotopic (exact) mass is 338 g/mol. The van der Waals surface area contributed by atoms with Gasteiger partial charge in [0.05, 0.1) is 17.6 Å². The number of carbonyl (C=O) groups excluding carboxylic acids is 1. The maximum Gasteiger partial charge on any atom is 0.255 e. The molecule has 3 rings (SSSR count). The van der Waals surface area contributed by atoms with E-state index >= 15 is 0 Å². The minimum absolute atomic E-state index is 0.0521. The first-order valence-corrected chi connectivity index (χ1v) is 8.36. The number of aryl methyl sites for hydroxylation is 4. The number of amides is 1. The molecule has 0 saturated carbocycles. The Hall–Kier alpha value is -2.76. The van der Waals surface area contributed by atoms with Crippen LogP contribution in [-0.2, 0) is 6.54 Å². The number of nitrogens with zero attached hydrogens (tertiary/aromatic N) is 4. The van der Waals surface area contributed by atoms with Crippen LogP contribution in [0, 0.1) is 27.7 Å². The van der Waals surface area contributed by atoms with Gasteiger partial charge in [-0.2, -0.15) is 4.98 Å². The van der Waals surface area contributed by atoms with Gasteiger partial charge in [-0.25, -0.2) is 0 Å². The van der Waals surface area contributed by atoms with Crippen LogP contribution in [0.2, 0.25) is 0 Å². The molecule has 0 atom stereocenters. The van der Waals surface area contributed by atoms with Crippen molar-refractivity contribution in [1.82, 2.24) is 20.0 Å². The van der Waals surface area contributed by atoms with E-state index in [4.69, 9.17) is 4.52 Å². The Morgan fingerprint density at radius 1 is 1.16 bits per heavy atom. The SMILES string of the molecule is CCN(Cc1noc(C)n1)C(=O)c1cc(C)nc2c(C)c(C)ccc12. The lowest BCUT2D eigenvalue weighted by Gasteiger charge is -2.20. The predicted molar refractivity (Wildman–Crippen MR) is 95.4 cm³/mol. The Labute approximate surface area is 146 Å². The molecule has 0 aliphatic heterocycles. The summed E-state index contributed by atoms with van der Waals surface area (Å²) in [6.45, 7) is 10.6. The maximum atomic E-state index is 13.2. The lowest BCUT2D eigenvalue weighted by Crippen LogP contribution is -2.31. The van der Waals surface area contributed by atoms with Gasteiger partial charge in [0.15, 0.2) is 5.82 Å². The van der Waals surface area contributed by atoms with Crippen LogP contribution >= 0.6 is 0 Å². The number of hydrogen-bond acceptors (Lipinski definition) is 5. The van der Waals surface area contributed by atoms with Crippen molar-refractivity contribution in [2.45, 2.75) is 41.2 Å². The number of fused-ring (bicyclic) bond motifs is 1. The van der Waals surface area contributed by atoms with Gasteiger partial charge in [-0.3, -0.25) is 9.78 Å². The molecule has 0 aliphatic rings. The average molecular weight is 338 g/mol. The van der Waals surface area contributed by atoms with E-state index in [-0.39, 0.29) is 5.91 Å². The fourth-order valence-corrected chi connectivity index (χ4v) is 2.91. The second-order valence-corrected chi connectivity index (χ2v) is 6.26. The van der Waals surface area contributed by atoms with Gasteiger partial charge in [-0.05, 0) is 44.9 Å². The van der Waals surface area contributed by atoms with Crippen LogP contribution in [0.1, 0.15) is 45.8 Å². The van der Waals surface area contributed by atoms with Crippen LogP contribution in [0.15, 0.2) is 22.7 Å². The molecule has 25 heavy (non-hydrogen) atoms. The van der Waals surface area contributed by atoms with Crippen molar-refractivity contribution in [3.8, 4) is 0 Å². The van der Waals surface area contributed by atoms with Crippen molar-refractivity contribution >= 4 is 16.8 Å². The van der Waals surface area contributed by atoms with E-state index in [0.29, 0.717) is 30.4 Å². The van der Waals surface area contributed by atoms with Crippen molar-refractivity contribution in [2.75, 3.05) is 6.54 Å². The van der Waals surface area contributed by atoms with Gasteiger partial charge in [0.25, 0.3) is 5.91 Å². The molecular weight excluding hydrogens is 316 g/mol. The summed E-state index contributed by atoms with van der Waals surface area (Å²) in [6.07, 6.45) is 0. The molecule has 1 aromatic carbocycles. The lowest BCUT2D eigenvalue weighted by atomic mass is 10.00. The number of carbonyl (C=O) groups is 1. The molecule has 0 N–H and O–H groups in total. The fraction of sp³-hybridized carbons (Fsp3) is 0.368. The molecule has 6 heteroatoms. The number of rotatable bonds is 4. The van der Waals surface area contributed by atoms with E-state index in [2.05, 4.69) is 22.0 Å². The molecular formula is C19H22N4O2. The Morgan fingerprint density at radius 3 is 2.56 bits per heavy atom. The summed E-state index contributed by atoms with van der Waals surface area (Å²) in [5.74, 6) is 0.952. The average Bonchev–Trinajstić information content (AvgIpc) is 3.00. The molecule has 3 aromatic rings. The van der Waals surface area contributed by atoms with Crippen LogP contribution in [0.4, 0.5) is 0 Å². The number of aromatic nitrogens is 3. The lowest BCUT2D eigenvalue weighted by molar-refractivity contribution is 0.0749. The second-order valence-electron chi connectivity index (χ2n) is 6.26. The van der Waals surface area contributed by atoms with Crippen molar-refractivity contribution in [1.29, 1.82) is 0 Å². The van der Waals surface area contributed by atoms with Gasteiger partial charge in [-0.15, -0.1) is 0 Å². The van der Waals surface area contributed by atoms with Crippen LogP contribution in [0.25, 0.3) is 10.9 Å². The van der Waals surface area contributed by atoms with Gasteiger partial charge < -0.3 is 9.42 Å². The minimum Gasteiger partial charge on any atom is -0.340 e.